The number of amides is 1. The molecule has 0 radical (unpaired) electrons. The van der Waals surface area contributed by atoms with Crippen LogP contribution < -0.4 is 15.5 Å². The minimum atomic E-state index is 0. The molecule has 8 heteroatoms. The number of aliphatic imine (C=N–C) groups is 1. The quantitative estimate of drug-likeness (QED) is 0.193. The average Bonchev–Trinajstić information content (AvgIpc) is 3.41. The van der Waals surface area contributed by atoms with Gasteiger partial charge in [0.1, 0.15) is 0 Å². The molecule has 3 aromatic rings. The lowest BCUT2D eigenvalue weighted by atomic mass is 10.1. The van der Waals surface area contributed by atoms with E-state index in [2.05, 4.69) is 51.9 Å². The molecule has 2 N–H and O–H groups in total. The maximum Gasteiger partial charge on any atom is 0.227 e. The molecule has 2 aromatic carbocycles. The van der Waals surface area contributed by atoms with Crippen molar-refractivity contribution in [2.45, 2.75) is 39.7 Å². The molecule has 0 aliphatic carbocycles. The average molecular weight is 572 g/mol. The van der Waals surface area contributed by atoms with Crippen molar-refractivity contribution in [2.24, 2.45) is 4.99 Å². The van der Waals surface area contributed by atoms with E-state index in [4.69, 9.17) is 0 Å². The number of para-hydroxylation sites is 2. The van der Waals surface area contributed by atoms with Crippen molar-refractivity contribution in [1.82, 2.24) is 20.4 Å². The molecule has 0 saturated heterocycles. The molecule has 0 spiro atoms. The van der Waals surface area contributed by atoms with Gasteiger partial charge in [0.15, 0.2) is 5.96 Å². The number of aryl methyl sites for hydroxylation is 2. The zero-order valence-electron chi connectivity index (χ0n) is 20.0. The van der Waals surface area contributed by atoms with Crippen LogP contribution in [0.4, 0.5) is 5.69 Å². The highest BCUT2D eigenvalue weighted by atomic mass is 127. The fourth-order valence-electron chi connectivity index (χ4n) is 4.32. The lowest BCUT2D eigenvalue weighted by Crippen LogP contribution is -2.38. The molecule has 0 atom stereocenters. The highest BCUT2D eigenvalue weighted by molar-refractivity contribution is 14.0. The number of fused-ring (bicyclic) bond motifs is 1. The van der Waals surface area contributed by atoms with Gasteiger partial charge in [-0.3, -0.25) is 9.79 Å². The normalized spacial score (nSPS) is 12.8. The number of guanidine groups is 1. The monoisotopic (exact) mass is 572 g/mol. The van der Waals surface area contributed by atoms with Crippen molar-refractivity contribution in [2.75, 3.05) is 25.0 Å². The number of nitrogens with one attached hydrogen (secondary N) is 2. The molecule has 2 heterocycles. The van der Waals surface area contributed by atoms with Crippen LogP contribution in [0, 0.1) is 13.8 Å². The minimum absolute atomic E-state index is 0. The minimum Gasteiger partial charge on any atom is -0.356 e. The fourth-order valence-corrected chi connectivity index (χ4v) is 4.32. The van der Waals surface area contributed by atoms with Gasteiger partial charge in [0.25, 0.3) is 0 Å². The van der Waals surface area contributed by atoms with Crippen LogP contribution in [0.15, 0.2) is 59.6 Å². The summed E-state index contributed by atoms with van der Waals surface area (Å²) >= 11 is 0. The smallest absolute Gasteiger partial charge is 0.227 e. The van der Waals surface area contributed by atoms with Crippen LogP contribution in [0.5, 0.6) is 0 Å². The lowest BCUT2D eigenvalue weighted by Gasteiger charge is -2.18. The van der Waals surface area contributed by atoms with Gasteiger partial charge in [-0.25, -0.2) is 4.68 Å². The molecule has 1 aromatic heterocycles. The third kappa shape index (κ3) is 5.97. The number of rotatable bonds is 7. The number of anilines is 1. The predicted molar refractivity (Wildman–Crippen MR) is 148 cm³/mol. The van der Waals surface area contributed by atoms with E-state index >= 15 is 0 Å². The van der Waals surface area contributed by atoms with E-state index in [-0.39, 0.29) is 29.9 Å². The predicted octanol–water partition coefficient (Wildman–Crippen LogP) is 4.14. The Morgan fingerprint density at radius 2 is 1.79 bits per heavy atom. The summed E-state index contributed by atoms with van der Waals surface area (Å²) in [5.41, 5.74) is 6.62. The lowest BCUT2D eigenvalue weighted by molar-refractivity contribution is -0.118. The maximum absolute atomic E-state index is 12.7. The summed E-state index contributed by atoms with van der Waals surface area (Å²) in [6.45, 7) is 6.15. The van der Waals surface area contributed by atoms with Gasteiger partial charge in [0.05, 0.1) is 11.4 Å². The van der Waals surface area contributed by atoms with Gasteiger partial charge in [0.2, 0.25) is 5.91 Å². The molecule has 1 amide bonds. The summed E-state index contributed by atoms with van der Waals surface area (Å²) in [6.07, 6.45) is 2.20. The summed E-state index contributed by atoms with van der Waals surface area (Å²) in [5.74, 6) is 0.903. The van der Waals surface area contributed by atoms with Gasteiger partial charge in [-0.05, 0) is 56.0 Å². The Kier molecular flexibility index (Phi) is 9.09. The Morgan fingerprint density at radius 3 is 2.53 bits per heavy atom. The summed E-state index contributed by atoms with van der Waals surface area (Å²) in [5, 5.41) is 11.3. The number of benzene rings is 2. The highest BCUT2D eigenvalue weighted by Crippen LogP contribution is 2.28. The van der Waals surface area contributed by atoms with Crippen LogP contribution in [0.3, 0.4) is 0 Å². The molecule has 180 valence electrons. The fraction of sp³-hybridized carbons (Fsp3) is 0.346. The number of halogens is 1. The van der Waals surface area contributed by atoms with Crippen molar-refractivity contribution in [1.29, 1.82) is 0 Å². The Labute approximate surface area is 218 Å². The van der Waals surface area contributed by atoms with Crippen molar-refractivity contribution in [3.8, 4) is 5.69 Å². The van der Waals surface area contributed by atoms with Gasteiger partial charge in [-0.15, -0.1) is 24.0 Å². The summed E-state index contributed by atoms with van der Waals surface area (Å²) in [7, 11) is 1.76. The zero-order valence-corrected chi connectivity index (χ0v) is 22.4. The molecule has 0 saturated carbocycles. The van der Waals surface area contributed by atoms with E-state index in [1.165, 1.54) is 5.56 Å². The first kappa shape index (κ1) is 25.7. The van der Waals surface area contributed by atoms with Crippen LogP contribution in [0.2, 0.25) is 0 Å². The molecule has 34 heavy (non-hydrogen) atoms. The number of aromatic nitrogens is 2. The van der Waals surface area contributed by atoms with Crippen LogP contribution in [-0.4, -0.2) is 41.8 Å². The molecule has 1 aliphatic heterocycles. The molecular formula is C26H33IN6O. The number of hydrogen-bond donors (Lipinski definition) is 2. The maximum atomic E-state index is 12.7. The zero-order chi connectivity index (χ0) is 23.2. The summed E-state index contributed by atoms with van der Waals surface area (Å²) in [4.78, 5) is 18.9. The van der Waals surface area contributed by atoms with E-state index in [0.717, 1.165) is 53.7 Å². The second-order valence-electron chi connectivity index (χ2n) is 8.35. The Balaban J connectivity index is 0.00000324. The van der Waals surface area contributed by atoms with E-state index in [1.807, 2.05) is 46.8 Å². The van der Waals surface area contributed by atoms with Crippen LogP contribution in [0.25, 0.3) is 5.69 Å². The van der Waals surface area contributed by atoms with Gasteiger partial charge in [-0.1, -0.05) is 36.4 Å². The van der Waals surface area contributed by atoms with Crippen LogP contribution in [0.1, 0.15) is 35.4 Å². The molecule has 7 nitrogen and oxygen atoms in total. The molecular weight excluding hydrogens is 539 g/mol. The van der Waals surface area contributed by atoms with Crippen molar-refractivity contribution < 1.29 is 4.79 Å². The topological polar surface area (TPSA) is 74.6 Å². The largest absolute Gasteiger partial charge is 0.356 e. The van der Waals surface area contributed by atoms with Gasteiger partial charge in [-0.2, -0.15) is 5.10 Å². The first-order valence-electron chi connectivity index (χ1n) is 11.5. The first-order valence-corrected chi connectivity index (χ1v) is 11.5. The van der Waals surface area contributed by atoms with E-state index in [1.54, 1.807) is 7.05 Å². The third-order valence-corrected chi connectivity index (χ3v) is 5.95. The van der Waals surface area contributed by atoms with Crippen LogP contribution in [-0.2, 0) is 17.8 Å². The molecule has 0 bridgehead atoms. The number of nitrogens with zero attached hydrogens (tertiary/aromatic N) is 4. The van der Waals surface area contributed by atoms with Gasteiger partial charge < -0.3 is 15.5 Å². The van der Waals surface area contributed by atoms with Crippen molar-refractivity contribution in [3.05, 3.63) is 77.1 Å². The summed E-state index contributed by atoms with van der Waals surface area (Å²) in [6, 6.07) is 18.5. The number of hydrogen-bond acceptors (Lipinski definition) is 3. The van der Waals surface area contributed by atoms with E-state index < -0.39 is 0 Å². The Bertz CT molecular complexity index is 1160. The molecule has 0 fully saturated rings. The SMILES string of the molecule is CN=C(NCCCC(=O)N1CCc2ccccc21)NCc1ccccc1-n1nc(C)cc1C.I. The first-order chi connectivity index (χ1) is 16.1. The van der Waals surface area contributed by atoms with E-state index in [9.17, 15) is 4.79 Å². The third-order valence-electron chi connectivity index (χ3n) is 5.95. The highest BCUT2D eigenvalue weighted by Gasteiger charge is 2.23. The molecule has 0 unspecified atom stereocenters. The second kappa shape index (κ2) is 12.0. The Morgan fingerprint density at radius 1 is 1.06 bits per heavy atom. The Hall–Kier alpha value is -2.88. The van der Waals surface area contributed by atoms with Gasteiger partial charge >= 0.3 is 0 Å². The van der Waals surface area contributed by atoms with Crippen molar-refractivity contribution in [3.63, 3.8) is 0 Å². The second-order valence-corrected chi connectivity index (χ2v) is 8.35. The van der Waals surface area contributed by atoms with Gasteiger partial charge in [0, 0.05) is 44.5 Å². The van der Waals surface area contributed by atoms with E-state index in [0.29, 0.717) is 19.5 Å². The molecule has 1 aliphatic rings. The summed E-state index contributed by atoms with van der Waals surface area (Å²) < 4.78 is 1.98. The molecule has 4 rings (SSSR count). The standard InChI is InChI=1S/C26H32N6O.HI/c1-19-17-20(2)32(30-19)24-12-7-5-10-22(24)18-29-26(27-3)28-15-8-13-25(33)31-16-14-21-9-4-6-11-23(21)31;/h4-7,9-12,17H,8,13-16,18H2,1-3H3,(H2,27,28,29);1H. The van der Waals surface area contributed by atoms with Crippen molar-refractivity contribution >= 4 is 41.5 Å². The number of carbonyl (C=O) groups excluding carboxylic acids is 1. The number of carbonyl (C=O) groups is 1. The van der Waals surface area contributed by atoms with Crippen LogP contribution >= 0.6 is 24.0 Å².